The summed E-state index contributed by atoms with van der Waals surface area (Å²) < 4.78 is 10.6. The van der Waals surface area contributed by atoms with Crippen LogP contribution in [0.5, 0.6) is 17.2 Å². The Morgan fingerprint density at radius 1 is 1.29 bits per heavy atom. The van der Waals surface area contributed by atoms with Crippen LogP contribution in [0.1, 0.15) is 5.56 Å². The molecule has 0 atom stereocenters. The number of hydrogen-bond donors (Lipinski definition) is 1. The summed E-state index contributed by atoms with van der Waals surface area (Å²) in [5.41, 5.74) is 1.71. The van der Waals surface area contributed by atoms with Gasteiger partial charge in [0, 0.05) is 18.2 Å². The molecule has 0 amide bonds. The van der Waals surface area contributed by atoms with Crippen LogP contribution in [0.15, 0.2) is 42.5 Å². The Kier molecular flexibility index (Phi) is 3.39. The molecule has 3 rings (SSSR count). The summed E-state index contributed by atoms with van der Waals surface area (Å²) in [6.07, 6.45) is 0. The molecule has 0 aliphatic carbocycles. The van der Waals surface area contributed by atoms with E-state index in [1.165, 1.54) is 7.11 Å². The van der Waals surface area contributed by atoms with E-state index in [1.807, 2.05) is 29.2 Å². The van der Waals surface area contributed by atoms with Crippen LogP contribution in [0.2, 0.25) is 0 Å². The summed E-state index contributed by atoms with van der Waals surface area (Å²) >= 11 is 0. The molecule has 1 aliphatic heterocycles. The van der Waals surface area contributed by atoms with Gasteiger partial charge in [-0.05, 0) is 24.3 Å². The first-order valence-electron chi connectivity index (χ1n) is 6.58. The molecule has 0 spiro atoms. The zero-order valence-electron chi connectivity index (χ0n) is 11.6. The number of para-hydroxylation sites is 2. The van der Waals surface area contributed by atoms with E-state index in [4.69, 9.17) is 9.47 Å². The molecule has 0 bridgehead atoms. The first kappa shape index (κ1) is 13.3. The fourth-order valence-corrected chi connectivity index (χ4v) is 2.34. The largest absolute Gasteiger partial charge is 0.508 e. The van der Waals surface area contributed by atoms with E-state index in [1.54, 1.807) is 18.2 Å². The van der Waals surface area contributed by atoms with Crippen LogP contribution < -0.4 is 9.64 Å². The highest BCUT2D eigenvalue weighted by Crippen LogP contribution is 2.39. The number of rotatable bonds is 2. The van der Waals surface area contributed by atoms with Crippen molar-refractivity contribution in [3.63, 3.8) is 0 Å². The van der Waals surface area contributed by atoms with Gasteiger partial charge in [0.1, 0.15) is 18.0 Å². The average molecular weight is 285 g/mol. The third-order valence-corrected chi connectivity index (χ3v) is 3.39. The van der Waals surface area contributed by atoms with Crippen molar-refractivity contribution in [2.24, 2.45) is 0 Å². The van der Waals surface area contributed by atoms with Crippen LogP contribution in [-0.2, 0) is 16.1 Å². The van der Waals surface area contributed by atoms with Crippen molar-refractivity contribution < 1.29 is 19.4 Å². The van der Waals surface area contributed by atoms with Crippen LogP contribution in [-0.4, -0.2) is 24.7 Å². The van der Waals surface area contributed by atoms with Gasteiger partial charge in [-0.15, -0.1) is 0 Å². The fraction of sp³-hybridized carbons (Fsp3) is 0.188. The summed E-state index contributed by atoms with van der Waals surface area (Å²) in [5.74, 6) is 1.07. The van der Waals surface area contributed by atoms with Gasteiger partial charge in [-0.25, -0.2) is 0 Å². The molecule has 0 radical (unpaired) electrons. The van der Waals surface area contributed by atoms with E-state index in [2.05, 4.69) is 0 Å². The van der Waals surface area contributed by atoms with Crippen molar-refractivity contribution in [2.45, 2.75) is 6.54 Å². The maximum Gasteiger partial charge on any atom is 0.325 e. The smallest absolute Gasteiger partial charge is 0.325 e. The van der Waals surface area contributed by atoms with Crippen LogP contribution in [0, 0.1) is 0 Å². The van der Waals surface area contributed by atoms with Crippen molar-refractivity contribution >= 4 is 11.7 Å². The predicted molar refractivity (Wildman–Crippen MR) is 77.7 cm³/mol. The van der Waals surface area contributed by atoms with E-state index in [-0.39, 0.29) is 18.3 Å². The Morgan fingerprint density at radius 3 is 2.90 bits per heavy atom. The summed E-state index contributed by atoms with van der Waals surface area (Å²) in [5, 5.41) is 9.61. The molecule has 0 aromatic heterocycles. The highest BCUT2D eigenvalue weighted by atomic mass is 16.5. The average Bonchev–Trinajstić information content (AvgIpc) is 2.63. The number of nitrogens with zero attached hydrogens (tertiary/aromatic N) is 1. The maximum absolute atomic E-state index is 11.6. The monoisotopic (exact) mass is 285 g/mol. The summed E-state index contributed by atoms with van der Waals surface area (Å²) in [6.45, 7) is 0.638. The standard InChI is InChI=1S/C16H15NO4/c1-20-16(19)10-17-9-11-6-7-12(18)8-15(11)21-14-5-3-2-4-13(14)17/h2-8,18H,9-10H2,1H3. The molecule has 1 N–H and O–H groups in total. The molecule has 0 saturated carbocycles. The molecule has 0 unspecified atom stereocenters. The first-order valence-corrected chi connectivity index (χ1v) is 6.58. The van der Waals surface area contributed by atoms with E-state index in [0.29, 0.717) is 18.0 Å². The molecular formula is C16H15NO4. The highest BCUT2D eigenvalue weighted by molar-refractivity contribution is 5.77. The number of phenolic OH excluding ortho intramolecular Hbond substituents is 1. The van der Waals surface area contributed by atoms with E-state index < -0.39 is 0 Å². The molecule has 5 nitrogen and oxygen atoms in total. The molecule has 5 heteroatoms. The topological polar surface area (TPSA) is 59.0 Å². The Labute approximate surface area is 122 Å². The quantitative estimate of drug-likeness (QED) is 0.860. The Morgan fingerprint density at radius 2 is 2.10 bits per heavy atom. The van der Waals surface area contributed by atoms with Crippen molar-refractivity contribution in [2.75, 3.05) is 18.6 Å². The minimum absolute atomic E-state index is 0.136. The lowest BCUT2D eigenvalue weighted by molar-refractivity contribution is -0.138. The summed E-state index contributed by atoms with van der Waals surface area (Å²) in [4.78, 5) is 13.5. The predicted octanol–water partition coefficient (Wildman–Crippen LogP) is 2.68. The molecule has 0 saturated heterocycles. The van der Waals surface area contributed by atoms with Gasteiger partial charge < -0.3 is 19.5 Å². The molecule has 0 fully saturated rings. The number of fused-ring (bicyclic) bond motifs is 2. The van der Waals surface area contributed by atoms with Crippen molar-refractivity contribution in [1.29, 1.82) is 0 Å². The van der Waals surface area contributed by atoms with Crippen LogP contribution in [0.4, 0.5) is 5.69 Å². The highest BCUT2D eigenvalue weighted by Gasteiger charge is 2.22. The zero-order chi connectivity index (χ0) is 14.8. The number of aromatic hydroxyl groups is 1. The number of phenols is 1. The van der Waals surface area contributed by atoms with Gasteiger partial charge in [-0.3, -0.25) is 4.79 Å². The molecule has 21 heavy (non-hydrogen) atoms. The Bertz CT molecular complexity index is 684. The Balaban J connectivity index is 2.05. The normalized spacial score (nSPS) is 12.7. The third kappa shape index (κ3) is 2.63. The second-order valence-electron chi connectivity index (χ2n) is 4.79. The van der Waals surface area contributed by atoms with Gasteiger partial charge in [0.05, 0.1) is 12.8 Å². The summed E-state index contributed by atoms with van der Waals surface area (Å²) in [7, 11) is 1.37. The van der Waals surface area contributed by atoms with Crippen LogP contribution in [0.3, 0.4) is 0 Å². The second-order valence-corrected chi connectivity index (χ2v) is 4.79. The van der Waals surface area contributed by atoms with Crippen LogP contribution >= 0.6 is 0 Å². The molecule has 1 aliphatic rings. The second kappa shape index (κ2) is 5.36. The number of ether oxygens (including phenoxy) is 2. The number of hydrogen-bond acceptors (Lipinski definition) is 5. The summed E-state index contributed by atoms with van der Waals surface area (Å²) in [6, 6.07) is 12.5. The number of carbonyl (C=O) groups is 1. The SMILES string of the molecule is COC(=O)CN1Cc2ccc(O)cc2Oc2ccccc21. The first-order chi connectivity index (χ1) is 10.2. The number of carbonyl (C=O) groups excluding carboxylic acids is 1. The molecule has 2 aromatic rings. The van der Waals surface area contributed by atoms with Gasteiger partial charge in [0.2, 0.25) is 0 Å². The third-order valence-electron chi connectivity index (χ3n) is 3.39. The fourth-order valence-electron chi connectivity index (χ4n) is 2.34. The number of benzene rings is 2. The lowest BCUT2D eigenvalue weighted by Gasteiger charge is -2.22. The molecule has 2 aromatic carbocycles. The van der Waals surface area contributed by atoms with E-state index in [9.17, 15) is 9.90 Å². The van der Waals surface area contributed by atoms with Gasteiger partial charge in [0.25, 0.3) is 0 Å². The van der Waals surface area contributed by atoms with Gasteiger partial charge in [-0.1, -0.05) is 12.1 Å². The minimum atomic E-state index is -0.313. The zero-order valence-corrected chi connectivity index (χ0v) is 11.6. The van der Waals surface area contributed by atoms with Crippen molar-refractivity contribution in [3.8, 4) is 17.2 Å². The van der Waals surface area contributed by atoms with Gasteiger partial charge in [-0.2, -0.15) is 0 Å². The van der Waals surface area contributed by atoms with Gasteiger partial charge >= 0.3 is 5.97 Å². The van der Waals surface area contributed by atoms with Crippen molar-refractivity contribution in [1.82, 2.24) is 0 Å². The molecular weight excluding hydrogens is 270 g/mol. The Hall–Kier alpha value is -2.69. The molecule has 1 heterocycles. The van der Waals surface area contributed by atoms with Crippen LogP contribution in [0.25, 0.3) is 0 Å². The minimum Gasteiger partial charge on any atom is -0.508 e. The number of esters is 1. The van der Waals surface area contributed by atoms with Gasteiger partial charge in [0.15, 0.2) is 5.75 Å². The number of anilines is 1. The number of methoxy groups -OCH3 is 1. The van der Waals surface area contributed by atoms with Crippen molar-refractivity contribution in [3.05, 3.63) is 48.0 Å². The maximum atomic E-state index is 11.6. The lowest BCUT2D eigenvalue weighted by atomic mass is 10.1. The molecule has 108 valence electrons. The van der Waals surface area contributed by atoms with E-state index in [0.717, 1.165) is 11.3 Å². The lowest BCUT2D eigenvalue weighted by Crippen LogP contribution is -2.29. The van der Waals surface area contributed by atoms with E-state index >= 15 is 0 Å².